The van der Waals surface area contributed by atoms with Gasteiger partial charge in [-0.1, -0.05) is 12.1 Å². The van der Waals surface area contributed by atoms with E-state index in [1.807, 2.05) is 35.7 Å². The quantitative estimate of drug-likeness (QED) is 0.766. The Kier molecular flexibility index (Phi) is 4.76. The van der Waals surface area contributed by atoms with Crippen LogP contribution in [-0.4, -0.2) is 61.8 Å². The average molecular weight is 358 g/mol. The van der Waals surface area contributed by atoms with Crippen molar-refractivity contribution in [3.8, 4) is 0 Å². The van der Waals surface area contributed by atoms with E-state index in [0.29, 0.717) is 24.1 Å². The second-order valence-corrected chi connectivity index (χ2v) is 7.31. The van der Waals surface area contributed by atoms with Gasteiger partial charge in [-0.3, -0.25) is 14.4 Å². The minimum atomic E-state index is 0.193. The van der Waals surface area contributed by atoms with Gasteiger partial charge in [0, 0.05) is 45.3 Å². The first-order valence-electron chi connectivity index (χ1n) is 9.48. The highest BCUT2D eigenvalue weighted by atomic mass is 16.5. The molecule has 0 radical (unpaired) electrons. The molecule has 0 bridgehead atoms. The summed E-state index contributed by atoms with van der Waals surface area (Å²) in [5, 5.41) is 8.46. The third-order valence-electron chi connectivity index (χ3n) is 5.44. The van der Waals surface area contributed by atoms with Crippen LogP contribution in [0.3, 0.4) is 0 Å². The summed E-state index contributed by atoms with van der Waals surface area (Å²) in [5.74, 6) is 2.75. The number of likely N-dealkylation sites (tertiary alicyclic amines) is 2. The smallest absolute Gasteiger partial charge is 0.228 e. The zero-order valence-corrected chi connectivity index (χ0v) is 15.5. The van der Waals surface area contributed by atoms with E-state index in [1.165, 1.54) is 0 Å². The van der Waals surface area contributed by atoms with Gasteiger partial charge in [-0.15, -0.1) is 0 Å². The number of aryl methyl sites for hydroxylation is 2. The van der Waals surface area contributed by atoms with Crippen LogP contribution in [0.2, 0.25) is 0 Å². The lowest BCUT2D eigenvalue weighted by atomic mass is 10.0. The number of aromatic nitrogens is 4. The lowest BCUT2D eigenvalue weighted by Gasteiger charge is -2.20. The molecule has 0 saturated carbocycles. The minimum absolute atomic E-state index is 0.193. The first kappa shape index (κ1) is 17.2. The van der Waals surface area contributed by atoms with E-state index in [9.17, 15) is 4.79 Å². The van der Waals surface area contributed by atoms with Crippen molar-refractivity contribution >= 4 is 5.91 Å². The summed E-state index contributed by atoms with van der Waals surface area (Å²) in [4.78, 5) is 21.4. The third kappa shape index (κ3) is 3.51. The summed E-state index contributed by atoms with van der Waals surface area (Å²) in [5.41, 5.74) is 0.861. The van der Waals surface area contributed by atoms with E-state index in [2.05, 4.69) is 20.1 Å². The molecule has 1 amide bonds. The molecule has 0 aliphatic carbocycles. The number of amides is 1. The zero-order chi connectivity index (χ0) is 18.1. The summed E-state index contributed by atoms with van der Waals surface area (Å²) in [6, 6.07) is 1.94. The topological polar surface area (TPSA) is 80.3 Å². The lowest BCUT2D eigenvalue weighted by molar-refractivity contribution is -0.129. The molecular weight excluding hydrogens is 332 g/mol. The molecule has 0 N–H and O–H groups in total. The average Bonchev–Trinajstić information content (AvgIpc) is 3.37. The fraction of sp³-hybridized carbons (Fsp3) is 0.667. The number of hydrogen-bond acceptors (Lipinski definition) is 6. The lowest BCUT2D eigenvalue weighted by Crippen LogP contribution is -2.34. The summed E-state index contributed by atoms with van der Waals surface area (Å²) < 4.78 is 7.05. The molecule has 2 aliphatic heterocycles. The van der Waals surface area contributed by atoms with Crippen LogP contribution >= 0.6 is 0 Å². The van der Waals surface area contributed by atoms with Crippen LogP contribution in [0, 0.1) is 11.8 Å². The Morgan fingerprint density at radius 2 is 2.00 bits per heavy atom. The number of nitrogens with zero attached hydrogens (tertiary/aromatic N) is 6. The zero-order valence-electron chi connectivity index (χ0n) is 15.5. The third-order valence-corrected chi connectivity index (χ3v) is 5.44. The van der Waals surface area contributed by atoms with Crippen molar-refractivity contribution in [3.63, 3.8) is 0 Å². The molecule has 140 valence electrons. The van der Waals surface area contributed by atoms with Crippen LogP contribution in [0.4, 0.5) is 0 Å². The molecule has 2 aromatic rings. The van der Waals surface area contributed by atoms with Crippen molar-refractivity contribution in [2.45, 2.75) is 39.8 Å². The summed E-state index contributed by atoms with van der Waals surface area (Å²) in [7, 11) is 0. The second kappa shape index (κ2) is 7.19. The number of carbonyl (C=O) groups is 1. The van der Waals surface area contributed by atoms with Gasteiger partial charge in [-0.2, -0.15) is 10.1 Å². The van der Waals surface area contributed by atoms with E-state index >= 15 is 0 Å². The Bertz CT molecular complexity index is 755. The largest absolute Gasteiger partial charge is 0.342 e. The van der Waals surface area contributed by atoms with Gasteiger partial charge in [0.2, 0.25) is 11.8 Å². The Morgan fingerprint density at radius 3 is 2.62 bits per heavy atom. The van der Waals surface area contributed by atoms with Crippen LogP contribution in [0.1, 0.15) is 31.3 Å². The number of fused-ring (bicyclic) bond motifs is 1. The molecule has 2 atom stereocenters. The highest BCUT2D eigenvalue weighted by Gasteiger charge is 2.41. The van der Waals surface area contributed by atoms with Gasteiger partial charge in [-0.05, 0) is 24.8 Å². The van der Waals surface area contributed by atoms with E-state index < -0.39 is 0 Å². The molecule has 0 unspecified atom stereocenters. The molecule has 0 spiro atoms. The summed E-state index contributed by atoms with van der Waals surface area (Å²) in [6.45, 7) is 9.31. The van der Waals surface area contributed by atoms with Crippen molar-refractivity contribution in [1.82, 2.24) is 29.7 Å². The van der Waals surface area contributed by atoms with Crippen LogP contribution in [0.5, 0.6) is 0 Å². The van der Waals surface area contributed by atoms with E-state index in [1.54, 1.807) is 0 Å². The fourth-order valence-corrected chi connectivity index (χ4v) is 4.06. The second-order valence-electron chi connectivity index (χ2n) is 7.31. The monoisotopic (exact) mass is 358 g/mol. The normalized spacial score (nSPS) is 22.9. The molecule has 2 saturated heterocycles. The fourth-order valence-electron chi connectivity index (χ4n) is 4.06. The van der Waals surface area contributed by atoms with Gasteiger partial charge in [0.05, 0.1) is 18.7 Å². The van der Waals surface area contributed by atoms with Crippen molar-refractivity contribution in [2.24, 2.45) is 11.8 Å². The van der Waals surface area contributed by atoms with E-state index in [4.69, 9.17) is 4.52 Å². The van der Waals surface area contributed by atoms with Crippen molar-refractivity contribution < 1.29 is 9.32 Å². The van der Waals surface area contributed by atoms with Crippen LogP contribution in [0.15, 0.2) is 16.8 Å². The Balaban J connectivity index is 1.28. The van der Waals surface area contributed by atoms with Crippen LogP contribution in [0.25, 0.3) is 0 Å². The van der Waals surface area contributed by atoms with Gasteiger partial charge < -0.3 is 9.42 Å². The molecule has 8 heteroatoms. The maximum atomic E-state index is 12.6. The first-order valence-corrected chi connectivity index (χ1v) is 9.48. The predicted molar refractivity (Wildman–Crippen MR) is 94.1 cm³/mol. The van der Waals surface area contributed by atoms with Crippen molar-refractivity contribution in [3.05, 3.63) is 29.7 Å². The van der Waals surface area contributed by atoms with Crippen LogP contribution in [-0.2, 0) is 30.7 Å². The molecule has 0 aromatic carbocycles. The minimum Gasteiger partial charge on any atom is -0.342 e. The highest BCUT2D eigenvalue weighted by Crippen LogP contribution is 2.32. The molecule has 4 rings (SSSR count). The number of hydrogen-bond donors (Lipinski definition) is 0. The van der Waals surface area contributed by atoms with Crippen molar-refractivity contribution in [1.29, 1.82) is 0 Å². The molecular formula is C18H26N6O2. The molecule has 2 aliphatic rings. The summed E-state index contributed by atoms with van der Waals surface area (Å²) in [6.07, 6.45) is 3.10. The summed E-state index contributed by atoms with van der Waals surface area (Å²) >= 11 is 0. The van der Waals surface area contributed by atoms with E-state index in [-0.39, 0.29) is 5.91 Å². The van der Waals surface area contributed by atoms with Crippen molar-refractivity contribution in [2.75, 3.05) is 26.2 Å². The predicted octanol–water partition coefficient (Wildman–Crippen LogP) is 0.981. The number of carbonyl (C=O) groups excluding carboxylic acids is 1. The maximum absolute atomic E-state index is 12.6. The molecule has 26 heavy (non-hydrogen) atoms. The first-order chi connectivity index (χ1) is 12.6. The molecule has 2 fully saturated rings. The highest BCUT2D eigenvalue weighted by molar-refractivity contribution is 5.78. The molecule has 4 heterocycles. The molecule has 2 aromatic heterocycles. The Hall–Kier alpha value is -2.22. The van der Waals surface area contributed by atoms with Gasteiger partial charge in [0.25, 0.3) is 0 Å². The Labute approximate surface area is 153 Å². The Morgan fingerprint density at radius 1 is 1.23 bits per heavy atom. The molecule has 8 nitrogen and oxygen atoms in total. The van der Waals surface area contributed by atoms with Crippen LogP contribution < -0.4 is 0 Å². The standard InChI is InChI=1S/C18H26N6O2/c1-3-17-19-16(21-26-17)12-22-8-13-10-23(11-14(13)9-22)18(25)7-15-5-6-24(4-2)20-15/h5-6,13-14H,3-4,7-12H2,1-2H3/t13-,14+. The van der Waals surface area contributed by atoms with Gasteiger partial charge in [0.15, 0.2) is 5.82 Å². The van der Waals surface area contributed by atoms with Gasteiger partial charge in [0.1, 0.15) is 0 Å². The maximum Gasteiger partial charge on any atom is 0.228 e. The van der Waals surface area contributed by atoms with Gasteiger partial charge >= 0.3 is 0 Å². The SMILES string of the molecule is CCc1nc(CN2C[C@@H]3CN(C(=O)Cc4ccn(CC)n4)C[C@@H]3C2)no1. The van der Waals surface area contributed by atoms with Gasteiger partial charge in [-0.25, -0.2) is 0 Å². The number of rotatable bonds is 6. The van der Waals surface area contributed by atoms with E-state index in [0.717, 1.165) is 57.2 Å².